The molecule has 0 aromatic carbocycles. The Kier molecular flexibility index (Phi) is 1.71. The summed E-state index contributed by atoms with van der Waals surface area (Å²) in [5.41, 5.74) is 0. The van der Waals surface area contributed by atoms with Crippen LogP contribution in [0, 0.1) is 11.8 Å². The molecule has 0 aromatic rings. The van der Waals surface area contributed by atoms with Gasteiger partial charge in [0.25, 0.3) is 0 Å². The summed E-state index contributed by atoms with van der Waals surface area (Å²) < 4.78 is 0. The van der Waals surface area contributed by atoms with Gasteiger partial charge in [-0.1, -0.05) is 19.1 Å². The predicted molar refractivity (Wildman–Crippen MR) is 47.6 cm³/mol. The number of carbonyl (C=O) groups excluding carboxylic acids is 1. The van der Waals surface area contributed by atoms with E-state index in [9.17, 15) is 4.79 Å². The molecule has 12 heavy (non-hydrogen) atoms. The summed E-state index contributed by atoms with van der Waals surface area (Å²) in [6, 6.07) is 0.382. The molecule has 0 aromatic heterocycles. The Balaban J connectivity index is 2.22. The van der Waals surface area contributed by atoms with Crippen LogP contribution in [0.25, 0.3) is 0 Å². The SMILES string of the molecule is CC(=O)N1CC2C=CC1C(C)C2. The Morgan fingerprint density at radius 2 is 2.25 bits per heavy atom. The highest BCUT2D eigenvalue weighted by Gasteiger charge is 2.35. The van der Waals surface area contributed by atoms with E-state index in [1.54, 1.807) is 6.92 Å². The molecular formula is C10H15NO. The van der Waals surface area contributed by atoms with Crippen molar-refractivity contribution >= 4 is 5.91 Å². The van der Waals surface area contributed by atoms with Gasteiger partial charge in [0.15, 0.2) is 0 Å². The summed E-state index contributed by atoms with van der Waals surface area (Å²) in [7, 11) is 0. The van der Waals surface area contributed by atoms with Crippen LogP contribution < -0.4 is 0 Å². The van der Waals surface area contributed by atoms with E-state index >= 15 is 0 Å². The van der Waals surface area contributed by atoms with Crippen molar-refractivity contribution in [3.63, 3.8) is 0 Å². The number of fused-ring (bicyclic) bond motifs is 2. The highest BCUT2D eigenvalue weighted by molar-refractivity contribution is 5.74. The first kappa shape index (κ1) is 7.84. The smallest absolute Gasteiger partial charge is 0.219 e. The Hall–Kier alpha value is -0.790. The number of rotatable bonds is 0. The zero-order valence-corrected chi connectivity index (χ0v) is 7.66. The van der Waals surface area contributed by atoms with Gasteiger partial charge in [0.2, 0.25) is 5.91 Å². The maximum absolute atomic E-state index is 11.2. The lowest BCUT2D eigenvalue weighted by molar-refractivity contribution is -0.133. The van der Waals surface area contributed by atoms with Crippen LogP contribution in [0.5, 0.6) is 0 Å². The second kappa shape index (κ2) is 2.61. The van der Waals surface area contributed by atoms with E-state index in [2.05, 4.69) is 19.1 Å². The maximum atomic E-state index is 11.2. The van der Waals surface area contributed by atoms with Gasteiger partial charge >= 0.3 is 0 Å². The Morgan fingerprint density at radius 3 is 2.67 bits per heavy atom. The molecule has 66 valence electrons. The lowest BCUT2D eigenvalue weighted by Crippen LogP contribution is -2.51. The van der Waals surface area contributed by atoms with Crippen molar-refractivity contribution in [2.45, 2.75) is 26.3 Å². The largest absolute Gasteiger partial charge is 0.336 e. The topological polar surface area (TPSA) is 20.3 Å². The van der Waals surface area contributed by atoms with Crippen molar-refractivity contribution in [1.29, 1.82) is 0 Å². The summed E-state index contributed by atoms with van der Waals surface area (Å²) in [4.78, 5) is 13.2. The summed E-state index contributed by atoms with van der Waals surface area (Å²) in [5.74, 6) is 1.49. The van der Waals surface area contributed by atoms with Crippen LogP contribution in [-0.4, -0.2) is 23.4 Å². The minimum Gasteiger partial charge on any atom is -0.336 e. The van der Waals surface area contributed by atoms with Gasteiger partial charge in [-0.05, 0) is 18.3 Å². The molecule has 1 amide bonds. The molecule has 0 N–H and O–H groups in total. The number of hydrogen-bond donors (Lipinski definition) is 0. The van der Waals surface area contributed by atoms with Crippen LogP contribution in [0.3, 0.4) is 0 Å². The van der Waals surface area contributed by atoms with Crippen LogP contribution in [0.1, 0.15) is 20.3 Å². The summed E-state index contributed by atoms with van der Waals surface area (Å²) in [5, 5.41) is 0. The van der Waals surface area contributed by atoms with Crippen molar-refractivity contribution in [1.82, 2.24) is 4.90 Å². The van der Waals surface area contributed by atoms with E-state index in [0.717, 1.165) is 6.54 Å². The van der Waals surface area contributed by atoms with Crippen molar-refractivity contribution in [3.8, 4) is 0 Å². The molecule has 0 saturated carbocycles. The minimum atomic E-state index is 0.223. The van der Waals surface area contributed by atoms with E-state index in [1.807, 2.05) is 4.90 Å². The molecule has 3 aliphatic rings. The minimum absolute atomic E-state index is 0.223. The third-order valence-electron chi connectivity index (χ3n) is 3.03. The molecule has 3 unspecified atom stereocenters. The lowest BCUT2D eigenvalue weighted by atomic mass is 9.79. The predicted octanol–water partition coefficient (Wildman–Crippen LogP) is 1.43. The fourth-order valence-corrected chi connectivity index (χ4v) is 2.42. The number of nitrogens with zero attached hydrogens (tertiary/aromatic N) is 1. The fraction of sp³-hybridized carbons (Fsp3) is 0.700. The van der Waals surface area contributed by atoms with Gasteiger partial charge in [-0.2, -0.15) is 0 Å². The highest BCUT2D eigenvalue weighted by Crippen LogP contribution is 2.33. The van der Waals surface area contributed by atoms with Gasteiger partial charge in [-0.3, -0.25) is 4.79 Å². The quantitative estimate of drug-likeness (QED) is 0.497. The van der Waals surface area contributed by atoms with E-state index in [4.69, 9.17) is 0 Å². The van der Waals surface area contributed by atoms with Crippen LogP contribution in [0.4, 0.5) is 0 Å². The van der Waals surface area contributed by atoms with Gasteiger partial charge in [0.05, 0.1) is 6.04 Å². The van der Waals surface area contributed by atoms with Gasteiger partial charge in [-0.25, -0.2) is 0 Å². The second-order valence-electron chi connectivity index (χ2n) is 4.02. The molecule has 1 fully saturated rings. The van der Waals surface area contributed by atoms with Crippen LogP contribution in [0.2, 0.25) is 0 Å². The van der Waals surface area contributed by atoms with Crippen LogP contribution in [-0.2, 0) is 4.79 Å². The average Bonchev–Trinajstić information content (AvgIpc) is 2.04. The molecule has 0 radical (unpaired) electrons. The number of hydrogen-bond acceptors (Lipinski definition) is 1. The molecule has 2 heteroatoms. The van der Waals surface area contributed by atoms with Crippen molar-refractivity contribution in [3.05, 3.63) is 12.2 Å². The molecular weight excluding hydrogens is 150 g/mol. The molecule has 0 spiro atoms. The van der Waals surface area contributed by atoms with E-state index in [-0.39, 0.29) is 5.91 Å². The van der Waals surface area contributed by atoms with Gasteiger partial charge in [0.1, 0.15) is 0 Å². The molecule has 2 heterocycles. The standard InChI is InChI=1S/C10H15NO/c1-7-5-9-3-4-10(7)11(6-9)8(2)12/h3-4,7,9-10H,5-6H2,1-2H3. The third kappa shape index (κ3) is 1.06. The van der Waals surface area contributed by atoms with Crippen molar-refractivity contribution in [2.24, 2.45) is 11.8 Å². The van der Waals surface area contributed by atoms with Gasteiger partial charge in [-0.15, -0.1) is 0 Å². The zero-order chi connectivity index (χ0) is 8.72. The molecule has 3 atom stereocenters. The lowest BCUT2D eigenvalue weighted by Gasteiger charge is -2.44. The van der Waals surface area contributed by atoms with Crippen LogP contribution in [0.15, 0.2) is 12.2 Å². The average molecular weight is 165 g/mol. The number of carbonyl (C=O) groups is 1. The monoisotopic (exact) mass is 165 g/mol. The summed E-state index contributed by atoms with van der Waals surface area (Å²) in [6.07, 6.45) is 5.72. The number of amides is 1. The number of piperidine rings is 1. The third-order valence-corrected chi connectivity index (χ3v) is 3.03. The Labute approximate surface area is 73.2 Å². The molecule has 1 aliphatic carbocycles. The second-order valence-corrected chi connectivity index (χ2v) is 4.02. The first-order valence-electron chi connectivity index (χ1n) is 4.64. The molecule has 1 saturated heterocycles. The summed E-state index contributed by atoms with van der Waals surface area (Å²) >= 11 is 0. The van der Waals surface area contributed by atoms with E-state index in [1.165, 1.54) is 6.42 Å². The van der Waals surface area contributed by atoms with E-state index < -0.39 is 0 Å². The fourth-order valence-electron chi connectivity index (χ4n) is 2.42. The van der Waals surface area contributed by atoms with Gasteiger partial charge < -0.3 is 4.90 Å². The zero-order valence-electron chi connectivity index (χ0n) is 7.66. The normalized spacial score (nSPS) is 38.8. The summed E-state index contributed by atoms with van der Waals surface area (Å²) in [6.45, 7) is 4.85. The highest BCUT2D eigenvalue weighted by atomic mass is 16.2. The molecule has 2 nitrogen and oxygen atoms in total. The first-order valence-corrected chi connectivity index (χ1v) is 4.64. The molecule has 2 bridgehead atoms. The first-order chi connectivity index (χ1) is 5.68. The van der Waals surface area contributed by atoms with Crippen molar-refractivity contribution in [2.75, 3.05) is 6.54 Å². The Bertz CT molecular complexity index is 234. The maximum Gasteiger partial charge on any atom is 0.219 e. The molecule has 3 rings (SSSR count). The van der Waals surface area contributed by atoms with Crippen LogP contribution >= 0.6 is 0 Å². The molecule has 2 aliphatic heterocycles. The van der Waals surface area contributed by atoms with Crippen molar-refractivity contribution < 1.29 is 4.79 Å². The van der Waals surface area contributed by atoms with E-state index in [0.29, 0.717) is 17.9 Å². The Morgan fingerprint density at radius 1 is 1.50 bits per heavy atom. The van der Waals surface area contributed by atoms with Gasteiger partial charge in [0, 0.05) is 13.5 Å².